The average molecular weight is 388 g/mol. The summed E-state index contributed by atoms with van der Waals surface area (Å²) < 4.78 is 14.6. The van der Waals surface area contributed by atoms with E-state index in [1.54, 1.807) is 18.2 Å². The first kappa shape index (κ1) is 14.1. The number of nitrogens with one attached hydrogen (secondary N) is 1. The highest BCUT2D eigenvalue weighted by atomic mass is 79.9. The molecule has 19 heavy (non-hydrogen) atoms. The summed E-state index contributed by atoms with van der Waals surface area (Å²) in [6.07, 6.45) is 0. The molecular weight excluding hydrogens is 379 g/mol. The summed E-state index contributed by atoms with van der Waals surface area (Å²) in [5.74, 6) is -0.458. The molecule has 3 nitrogen and oxygen atoms in total. The van der Waals surface area contributed by atoms with Crippen molar-refractivity contribution in [1.29, 1.82) is 0 Å². The number of rotatable bonds is 2. The number of halogens is 3. The summed E-state index contributed by atoms with van der Waals surface area (Å²) in [6.45, 7) is 1.82. The first-order chi connectivity index (χ1) is 8.95. The highest BCUT2D eigenvalue weighted by Crippen LogP contribution is 2.18. The molecule has 0 unspecified atom stereocenters. The number of amides is 1. The van der Waals surface area contributed by atoms with Crippen molar-refractivity contribution in [3.8, 4) is 0 Å². The Labute approximate surface area is 126 Å². The van der Waals surface area contributed by atoms with Gasteiger partial charge in [-0.15, -0.1) is 0 Å². The monoisotopic (exact) mass is 386 g/mol. The molecule has 0 aliphatic heterocycles. The molecule has 0 fully saturated rings. The van der Waals surface area contributed by atoms with Crippen LogP contribution in [0.1, 0.15) is 16.1 Å². The van der Waals surface area contributed by atoms with E-state index in [9.17, 15) is 9.18 Å². The minimum absolute atomic E-state index is 0.231. The minimum Gasteiger partial charge on any atom is -0.307 e. The zero-order valence-corrected chi connectivity index (χ0v) is 13.0. The Hall–Kier alpha value is -1.27. The third kappa shape index (κ3) is 3.61. The topological polar surface area (TPSA) is 42.0 Å². The van der Waals surface area contributed by atoms with Gasteiger partial charge in [0.1, 0.15) is 11.6 Å². The lowest BCUT2D eigenvalue weighted by atomic mass is 10.2. The summed E-state index contributed by atoms with van der Waals surface area (Å²) in [4.78, 5) is 16.2. The molecule has 2 aromatic rings. The minimum atomic E-state index is -0.473. The predicted molar refractivity (Wildman–Crippen MR) is 78.7 cm³/mol. The maximum absolute atomic E-state index is 13.2. The number of anilines is 1. The highest BCUT2D eigenvalue weighted by molar-refractivity contribution is 9.10. The van der Waals surface area contributed by atoms with Crippen LogP contribution in [-0.2, 0) is 0 Å². The number of aryl methyl sites for hydroxylation is 1. The molecule has 1 aromatic heterocycles. The van der Waals surface area contributed by atoms with E-state index in [2.05, 4.69) is 42.2 Å². The number of benzene rings is 1. The summed E-state index contributed by atoms with van der Waals surface area (Å²) in [5.41, 5.74) is 0.993. The van der Waals surface area contributed by atoms with Gasteiger partial charge in [-0.1, -0.05) is 15.9 Å². The van der Waals surface area contributed by atoms with E-state index in [1.807, 2.05) is 6.92 Å². The van der Waals surface area contributed by atoms with Crippen molar-refractivity contribution in [2.75, 3.05) is 5.32 Å². The molecule has 0 aliphatic rings. The smallest absolute Gasteiger partial charge is 0.256 e. The maximum atomic E-state index is 13.2. The molecule has 0 radical (unpaired) electrons. The maximum Gasteiger partial charge on any atom is 0.256 e. The van der Waals surface area contributed by atoms with Gasteiger partial charge in [-0.3, -0.25) is 4.79 Å². The molecule has 6 heteroatoms. The Bertz CT molecular complexity index is 626. The third-order valence-corrected chi connectivity index (χ3v) is 3.68. The second kappa shape index (κ2) is 5.79. The molecular formula is C13H9Br2FN2O. The van der Waals surface area contributed by atoms with Gasteiger partial charge in [0.05, 0.1) is 5.69 Å². The fourth-order valence-electron chi connectivity index (χ4n) is 1.49. The lowest BCUT2D eigenvalue weighted by Crippen LogP contribution is -2.13. The van der Waals surface area contributed by atoms with E-state index in [1.165, 1.54) is 12.1 Å². The van der Waals surface area contributed by atoms with Crippen molar-refractivity contribution in [2.24, 2.45) is 0 Å². The van der Waals surface area contributed by atoms with E-state index in [0.29, 0.717) is 10.3 Å². The van der Waals surface area contributed by atoms with Crippen molar-refractivity contribution in [3.05, 3.63) is 56.4 Å². The number of hydrogen-bond donors (Lipinski definition) is 1. The Balaban J connectivity index is 2.22. The number of hydrogen-bond acceptors (Lipinski definition) is 2. The van der Waals surface area contributed by atoms with Crippen LogP contribution in [0.3, 0.4) is 0 Å². The van der Waals surface area contributed by atoms with Crippen molar-refractivity contribution in [3.63, 3.8) is 0 Å². The van der Waals surface area contributed by atoms with E-state index in [-0.39, 0.29) is 5.56 Å². The van der Waals surface area contributed by atoms with Crippen molar-refractivity contribution in [1.82, 2.24) is 4.98 Å². The fourth-order valence-corrected chi connectivity index (χ4v) is 2.17. The predicted octanol–water partition coefficient (Wildman–Crippen LogP) is 4.31. The van der Waals surface area contributed by atoms with Crippen LogP contribution < -0.4 is 5.32 Å². The second-order valence-corrected chi connectivity index (χ2v) is 5.65. The van der Waals surface area contributed by atoms with Gasteiger partial charge in [-0.2, -0.15) is 0 Å². The van der Waals surface area contributed by atoms with Gasteiger partial charge in [0.15, 0.2) is 0 Å². The number of carbonyl (C=O) groups is 1. The second-order valence-electron chi connectivity index (χ2n) is 3.88. The van der Waals surface area contributed by atoms with Crippen molar-refractivity contribution in [2.45, 2.75) is 6.92 Å². The largest absolute Gasteiger partial charge is 0.307 e. The molecule has 0 saturated carbocycles. The van der Waals surface area contributed by atoms with Crippen molar-refractivity contribution < 1.29 is 9.18 Å². The van der Waals surface area contributed by atoms with Crippen LogP contribution >= 0.6 is 31.9 Å². The molecule has 0 bridgehead atoms. The summed E-state index contributed by atoms with van der Waals surface area (Å²) in [6, 6.07) is 7.47. The van der Waals surface area contributed by atoms with E-state index >= 15 is 0 Å². The number of nitrogens with zero attached hydrogens (tertiary/aromatic N) is 1. The molecule has 0 spiro atoms. The number of carbonyl (C=O) groups excluding carboxylic acids is 1. The van der Waals surface area contributed by atoms with Crippen LogP contribution in [0.5, 0.6) is 0 Å². The summed E-state index contributed by atoms with van der Waals surface area (Å²) in [7, 11) is 0. The Kier molecular flexibility index (Phi) is 4.31. The third-order valence-electron chi connectivity index (χ3n) is 2.39. The fraction of sp³-hybridized carbons (Fsp3) is 0.0769. The zero-order chi connectivity index (χ0) is 14.0. The quantitative estimate of drug-likeness (QED) is 0.834. The molecule has 0 atom stereocenters. The van der Waals surface area contributed by atoms with Crippen LogP contribution in [0.2, 0.25) is 0 Å². The van der Waals surface area contributed by atoms with Crippen molar-refractivity contribution >= 4 is 43.6 Å². The standard InChI is InChI=1S/C13H9Br2FN2O/c1-7-11(15)2-3-12(17-7)18-13(19)8-4-9(14)6-10(16)5-8/h2-6H,1H3,(H,17,18,19). The van der Waals surface area contributed by atoms with Gasteiger partial charge in [0, 0.05) is 14.5 Å². The van der Waals surface area contributed by atoms with Crippen LogP contribution in [0.15, 0.2) is 39.3 Å². The summed E-state index contributed by atoms with van der Waals surface area (Å²) in [5, 5.41) is 2.62. The molecule has 1 N–H and O–H groups in total. The van der Waals surface area contributed by atoms with Crippen LogP contribution in [-0.4, -0.2) is 10.9 Å². The average Bonchev–Trinajstić information content (AvgIpc) is 2.32. The Morgan fingerprint density at radius 2 is 2.00 bits per heavy atom. The Morgan fingerprint density at radius 3 is 2.63 bits per heavy atom. The van der Waals surface area contributed by atoms with Gasteiger partial charge >= 0.3 is 0 Å². The van der Waals surface area contributed by atoms with Crippen LogP contribution in [0.25, 0.3) is 0 Å². The Morgan fingerprint density at radius 1 is 1.26 bits per heavy atom. The van der Waals surface area contributed by atoms with E-state index in [0.717, 1.165) is 10.2 Å². The SMILES string of the molecule is Cc1nc(NC(=O)c2cc(F)cc(Br)c2)ccc1Br. The zero-order valence-electron chi connectivity index (χ0n) is 9.88. The molecule has 1 amide bonds. The number of pyridine rings is 1. The summed E-state index contributed by atoms with van der Waals surface area (Å²) >= 11 is 6.47. The molecule has 98 valence electrons. The van der Waals surface area contributed by atoms with Crippen LogP contribution in [0, 0.1) is 12.7 Å². The van der Waals surface area contributed by atoms with Crippen LogP contribution in [0.4, 0.5) is 10.2 Å². The van der Waals surface area contributed by atoms with Gasteiger partial charge in [-0.05, 0) is 53.2 Å². The molecule has 0 saturated heterocycles. The van der Waals surface area contributed by atoms with Gasteiger partial charge in [-0.25, -0.2) is 9.37 Å². The normalized spacial score (nSPS) is 10.3. The number of aromatic nitrogens is 1. The lowest BCUT2D eigenvalue weighted by molar-refractivity contribution is 0.102. The van der Waals surface area contributed by atoms with E-state index in [4.69, 9.17) is 0 Å². The molecule has 2 rings (SSSR count). The highest BCUT2D eigenvalue weighted by Gasteiger charge is 2.10. The molecule has 1 aromatic carbocycles. The lowest BCUT2D eigenvalue weighted by Gasteiger charge is -2.06. The van der Waals surface area contributed by atoms with E-state index < -0.39 is 11.7 Å². The molecule has 1 heterocycles. The first-order valence-electron chi connectivity index (χ1n) is 5.36. The van der Waals surface area contributed by atoms with Gasteiger partial charge < -0.3 is 5.32 Å². The van der Waals surface area contributed by atoms with Gasteiger partial charge in [0.2, 0.25) is 0 Å². The van der Waals surface area contributed by atoms with Gasteiger partial charge in [0.25, 0.3) is 5.91 Å². The molecule has 0 aliphatic carbocycles. The first-order valence-corrected chi connectivity index (χ1v) is 6.95.